The van der Waals surface area contributed by atoms with Crippen LogP contribution in [0, 0.1) is 0 Å². The van der Waals surface area contributed by atoms with Gasteiger partial charge in [-0.3, -0.25) is 9.59 Å². The van der Waals surface area contributed by atoms with E-state index in [0.717, 1.165) is 42.8 Å². The van der Waals surface area contributed by atoms with Crippen LogP contribution < -0.4 is 10.6 Å². The van der Waals surface area contributed by atoms with Crippen molar-refractivity contribution in [2.75, 3.05) is 32.1 Å². The smallest absolute Gasteiger partial charge is 0.248 e. The zero-order chi connectivity index (χ0) is 20.3. The second-order valence-electron chi connectivity index (χ2n) is 7.32. The van der Waals surface area contributed by atoms with Gasteiger partial charge in [-0.05, 0) is 30.5 Å². The number of carbonyl (C=O) groups excluding carboxylic acids is 2. The average Bonchev–Trinajstić information content (AvgIpc) is 2.72. The number of hydrogen-bond donors (Lipinski definition) is 1. The van der Waals surface area contributed by atoms with Crippen molar-refractivity contribution in [1.29, 1.82) is 0 Å². The summed E-state index contributed by atoms with van der Waals surface area (Å²) in [6, 6.07) is 7.26. The van der Waals surface area contributed by atoms with Gasteiger partial charge in [0.2, 0.25) is 17.8 Å². The van der Waals surface area contributed by atoms with Gasteiger partial charge in [0.25, 0.3) is 0 Å². The highest BCUT2D eigenvalue weighted by atomic mass is 16.2. The molecule has 148 valence electrons. The number of hydrogen-bond acceptors (Lipinski definition) is 5. The van der Waals surface area contributed by atoms with E-state index in [2.05, 4.69) is 4.98 Å². The number of carbonyl (C=O) groups is 2. The largest absolute Gasteiger partial charge is 0.366 e. The van der Waals surface area contributed by atoms with Gasteiger partial charge in [0.1, 0.15) is 0 Å². The van der Waals surface area contributed by atoms with E-state index in [9.17, 15) is 9.59 Å². The lowest BCUT2D eigenvalue weighted by molar-refractivity contribution is -0.131. The van der Waals surface area contributed by atoms with Crippen molar-refractivity contribution in [2.24, 2.45) is 5.73 Å². The van der Waals surface area contributed by atoms with Crippen LogP contribution in [0.5, 0.6) is 0 Å². The molecular formula is C21H27N5O2. The molecule has 0 saturated carbocycles. The Bertz CT molecular complexity index is 873. The fraction of sp³-hybridized carbons (Fsp3) is 0.429. The molecule has 1 aliphatic heterocycles. The van der Waals surface area contributed by atoms with E-state index < -0.39 is 5.91 Å². The van der Waals surface area contributed by atoms with Crippen molar-refractivity contribution in [3.63, 3.8) is 0 Å². The molecule has 0 aliphatic carbocycles. The second kappa shape index (κ2) is 8.37. The number of benzene rings is 1. The molecule has 7 heteroatoms. The first-order valence-electron chi connectivity index (χ1n) is 9.63. The summed E-state index contributed by atoms with van der Waals surface area (Å²) in [6.45, 7) is 3.37. The minimum atomic E-state index is -0.458. The number of nitrogens with two attached hydrogens (primary N) is 1. The third-order valence-electron chi connectivity index (χ3n) is 5.20. The predicted octanol–water partition coefficient (Wildman–Crippen LogP) is 2.42. The Kier molecular flexibility index (Phi) is 5.92. The highest BCUT2D eigenvalue weighted by Crippen LogP contribution is 2.35. The Morgan fingerprint density at radius 2 is 1.96 bits per heavy atom. The summed E-state index contributed by atoms with van der Waals surface area (Å²) < 4.78 is 0. The summed E-state index contributed by atoms with van der Waals surface area (Å²) in [5.41, 5.74) is 8.66. The molecule has 0 bridgehead atoms. The summed E-state index contributed by atoms with van der Waals surface area (Å²) in [5.74, 6) is 0.622. The number of rotatable bonds is 5. The first-order chi connectivity index (χ1) is 13.4. The van der Waals surface area contributed by atoms with Crippen molar-refractivity contribution >= 4 is 17.8 Å². The lowest BCUT2D eigenvalue weighted by Gasteiger charge is -2.32. The highest BCUT2D eigenvalue weighted by Gasteiger charge is 2.27. The zero-order valence-corrected chi connectivity index (χ0v) is 16.7. The Hall–Kier alpha value is -2.96. The number of primary amides is 1. The average molecular weight is 381 g/mol. The molecule has 2 amide bonds. The van der Waals surface area contributed by atoms with Crippen molar-refractivity contribution in [3.05, 3.63) is 41.7 Å². The highest BCUT2D eigenvalue weighted by molar-refractivity contribution is 5.94. The third kappa shape index (κ3) is 4.13. The molecule has 0 radical (unpaired) electrons. The van der Waals surface area contributed by atoms with E-state index in [0.29, 0.717) is 17.9 Å². The van der Waals surface area contributed by atoms with E-state index in [4.69, 9.17) is 10.7 Å². The molecule has 1 aromatic carbocycles. The van der Waals surface area contributed by atoms with Crippen molar-refractivity contribution in [2.45, 2.75) is 32.1 Å². The summed E-state index contributed by atoms with van der Waals surface area (Å²) >= 11 is 0. The zero-order valence-electron chi connectivity index (χ0n) is 16.7. The molecule has 2 heterocycles. The summed E-state index contributed by atoms with van der Waals surface area (Å²) in [4.78, 5) is 36.7. The maximum absolute atomic E-state index is 12.0. The Morgan fingerprint density at radius 1 is 1.25 bits per heavy atom. The topological polar surface area (TPSA) is 92.4 Å². The summed E-state index contributed by atoms with van der Waals surface area (Å²) in [5, 5.41) is 0. The molecule has 7 nitrogen and oxygen atoms in total. The van der Waals surface area contributed by atoms with Gasteiger partial charge in [-0.1, -0.05) is 19.1 Å². The van der Waals surface area contributed by atoms with Crippen LogP contribution in [0.4, 0.5) is 5.95 Å². The van der Waals surface area contributed by atoms with Crippen LogP contribution in [-0.2, 0) is 4.79 Å². The number of anilines is 1. The van der Waals surface area contributed by atoms with Gasteiger partial charge in [-0.25, -0.2) is 9.97 Å². The summed E-state index contributed by atoms with van der Waals surface area (Å²) in [7, 11) is 3.82. The molecular weight excluding hydrogens is 354 g/mol. The Balaban J connectivity index is 1.97. The van der Waals surface area contributed by atoms with Gasteiger partial charge in [-0.2, -0.15) is 0 Å². The van der Waals surface area contributed by atoms with Gasteiger partial charge >= 0.3 is 0 Å². The lowest BCUT2D eigenvalue weighted by atomic mass is 9.88. The normalized spacial score (nSPS) is 14.8. The Labute approximate surface area is 165 Å². The molecule has 0 atom stereocenters. The van der Waals surface area contributed by atoms with Crippen LogP contribution in [-0.4, -0.2) is 53.9 Å². The number of aromatic nitrogens is 2. The first kappa shape index (κ1) is 19.8. The fourth-order valence-electron chi connectivity index (χ4n) is 3.60. The minimum Gasteiger partial charge on any atom is -0.366 e. The molecule has 2 aromatic rings. The standard InChI is InChI=1S/C21H27N5O2/c1-4-18(27)26-10-8-14(9-11-26)19-17(13-23-21(24-19)25(2)3)15-6-5-7-16(12-15)20(22)28/h5-7,12-14H,4,8-11H2,1-3H3,(H2,22,28). The number of likely N-dealkylation sites (tertiary alicyclic amines) is 1. The number of piperidine rings is 1. The van der Waals surface area contributed by atoms with Crippen LogP contribution in [0.15, 0.2) is 30.5 Å². The third-order valence-corrected chi connectivity index (χ3v) is 5.20. The van der Waals surface area contributed by atoms with Crippen LogP contribution in [0.25, 0.3) is 11.1 Å². The van der Waals surface area contributed by atoms with E-state index >= 15 is 0 Å². The van der Waals surface area contributed by atoms with Crippen molar-refractivity contribution in [3.8, 4) is 11.1 Å². The molecule has 3 rings (SSSR count). The van der Waals surface area contributed by atoms with Crippen LogP contribution in [0.2, 0.25) is 0 Å². The van der Waals surface area contributed by atoms with Gasteiger partial charge in [0.15, 0.2) is 0 Å². The van der Waals surface area contributed by atoms with E-state index in [1.54, 1.807) is 12.1 Å². The SMILES string of the molecule is CCC(=O)N1CCC(c2nc(N(C)C)ncc2-c2cccc(C(N)=O)c2)CC1. The maximum Gasteiger partial charge on any atom is 0.248 e. The molecule has 1 aromatic heterocycles. The molecule has 0 unspecified atom stereocenters. The van der Waals surface area contributed by atoms with Gasteiger partial charge in [-0.15, -0.1) is 0 Å². The lowest BCUT2D eigenvalue weighted by Crippen LogP contribution is -2.37. The molecule has 1 saturated heterocycles. The molecule has 0 spiro atoms. The predicted molar refractivity (Wildman–Crippen MR) is 109 cm³/mol. The van der Waals surface area contributed by atoms with Crippen LogP contribution in [0.3, 0.4) is 0 Å². The molecule has 1 fully saturated rings. The van der Waals surface area contributed by atoms with Gasteiger partial charge < -0.3 is 15.5 Å². The van der Waals surface area contributed by atoms with E-state index in [-0.39, 0.29) is 11.8 Å². The van der Waals surface area contributed by atoms with E-state index in [1.165, 1.54) is 0 Å². The summed E-state index contributed by atoms with van der Waals surface area (Å²) in [6.07, 6.45) is 4.08. The van der Waals surface area contributed by atoms with Crippen LogP contribution >= 0.6 is 0 Å². The number of amides is 2. The van der Waals surface area contributed by atoms with E-state index in [1.807, 2.05) is 49.1 Å². The van der Waals surface area contributed by atoms with Crippen molar-refractivity contribution in [1.82, 2.24) is 14.9 Å². The first-order valence-corrected chi connectivity index (χ1v) is 9.63. The second-order valence-corrected chi connectivity index (χ2v) is 7.32. The minimum absolute atomic E-state index is 0.199. The molecule has 28 heavy (non-hydrogen) atoms. The van der Waals surface area contributed by atoms with Crippen molar-refractivity contribution < 1.29 is 9.59 Å². The Morgan fingerprint density at radius 3 is 2.57 bits per heavy atom. The van der Waals surface area contributed by atoms with Crippen LogP contribution in [0.1, 0.15) is 48.2 Å². The van der Waals surface area contributed by atoms with Gasteiger partial charge in [0.05, 0.1) is 5.69 Å². The molecule has 1 aliphatic rings. The maximum atomic E-state index is 12.0. The van der Waals surface area contributed by atoms with Gasteiger partial charge in [0, 0.05) is 56.8 Å². The monoisotopic (exact) mass is 381 g/mol. The number of nitrogens with zero attached hydrogens (tertiary/aromatic N) is 4. The molecule has 2 N–H and O–H groups in total. The quantitative estimate of drug-likeness (QED) is 0.859. The fourth-order valence-corrected chi connectivity index (χ4v) is 3.60.